The van der Waals surface area contributed by atoms with Gasteiger partial charge in [-0.15, -0.1) is 11.3 Å². The summed E-state index contributed by atoms with van der Waals surface area (Å²) in [7, 11) is 0. The van der Waals surface area contributed by atoms with Crippen LogP contribution in [0.4, 0.5) is 5.13 Å². The molecule has 1 aliphatic heterocycles. The van der Waals surface area contributed by atoms with E-state index in [0.717, 1.165) is 29.5 Å². The molecule has 29 heavy (non-hydrogen) atoms. The van der Waals surface area contributed by atoms with E-state index in [4.69, 9.17) is 14.2 Å². The number of carbonyl (C=O) groups is 1. The molecule has 0 radical (unpaired) electrons. The zero-order valence-electron chi connectivity index (χ0n) is 16.9. The van der Waals surface area contributed by atoms with Gasteiger partial charge >= 0.3 is 0 Å². The van der Waals surface area contributed by atoms with Gasteiger partial charge in [-0.3, -0.25) is 4.79 Å². The maximum absolute atomic E-state index is 12.5. The van der Waals surface area contributed by atoms with Crippen LogP contribution in [0.3, 0.4) is 0 Å². The van der Waals surface area contributed by atoms with Crippen LogP contribution in [0.5, 0.6) is 11.5 Å². The molecule has 0 spiro atoms. The average Bonchev–Trinajstić information content (AvgIpc) is 3.24. The third-order valence-electron chi connectivity index (χ3n) is 4.28. The SMILES string of the molecule is CCOc1ccc(OCC)c(/C(C)=N\NC(=O)c2csc(N3CCOCC3)n2)c1. The molecule has 1 saturated heterocycles. The summed E-state index contributed by atoms with van der Waals surface area (Å²) < 4.78 is 16.6. The lowest BCUT2D eigenvalue weighted by atomic mass is 10.1. The second-order valence-corrected chi connectivity index (χ2v) is 7.11. The van der Waals surface area contributed by atoms with E-state index in [1.165, 1.54) is 11.3 Å². The van der Waals surface area contributed by atoms with Gasteiger partial charge in [-0.05, 0) is 39.0 Å². The number of anilines is 1. The number of amides is 1. The van der Waals surface area contributed by atoms with Crippen LogP contribution in [-0.2, 0) is 4.74 Å². The number of carbonyl (C=O) groups excluding carboxylic acids is 1. The first-order chi connectivity index (χ1) is 14.1. The summed E-state index contributed by atoms with van der Waals surface area (Å²) in [5, 5.41) is 6.81. The van der Waals surface area contributed by atoms with Gasteiger partial charge in [0, 0.05) is 24.0 Å². The van der Waals surface area contributed by atoms with Crippen molar-refractivity contribution in [1.82, 2.24) is 10.4 Å². The molecule has 1 amide bonds. The zero-order valence-corrected chi connectivity index (χ0v) is 17.8. The summed E-state index contributed by atoms with van der Waals surface area (Å²) in [5.74, 6) is 1.07. The molecular weight excluding hydrogens is 392 g/mol. The maximum atomic E-state index is 12.5. The molecule has 0 atom stereocenters. The topological polar surface area (TPSA) is 85.3 Å². The van der Waals surface area contributed by atoms with Gasteiger partial charge < -0.3 is 19.1 Å². The van der Waals surface area contributed by atoms with Crippen molar-refractivity contribution in [3.8, 4) is 11.5 Å². The van der Waals surface area contributed by atoms with Crippen LogP contribution >= 0.6 is 11.3 Å². The Morgan fingerprint density at radius 1 is 1.28 bits per heavy atom. The van der Waals surface area contributed by atoms with E-state index in [1.807, 2.05) is 39.0 Å². The van der Waals surface area contributed by atoms with Gasteiger partial charge in [-0.25, -0.2) is 10.4 Å². The van der Waals surface area contributed by atoms with Crippen molar-refractivity contribution in [2.24, 2.45) is 5.10 Å². The quantitative estimate of drug-likeness (QED) is 0.524. The van der Waals surface area contributed by atoms with Crippen molar-refractivity contribution in [3.63, 3.8) is 0 Å². The molecule has 0 saturated carbocycles. The molecule has 9 heteroatoms. The predicted molar refractivity (Wildman–Crippen MR) is 114 cm³/mol. The van der Waals surface area contributed by atoms with Crippen molar-refractivity contribution in [1.29, 1.82) is 0 Å². The van der Waals surface area contributed by atoms with Crippen molar-refractivity contribution in [2.75, 3.05) is 44.4 Å². The largest absolute Gasteiger partial charge is 0.494 e. The first-order valence-corrected chi connectivity index (χ1v) is 10.5. The van der Waals surface area contributed by atoms with E-state index in [1.54, 1.807) is 5.38 Å². The number of morpholine rings is 1. The maximum Gasteiger partial charge on any atom is 0.290 e. The smallest absolute Gasteiger partial charge is 0.290 e. The van der Waals surface area contributed by atoms with Gasteiger partial charge in [0.15, 0.2) is 5.13 Å². The lowest BCUT2D eigenvalue weighted by Gasteiger charge is -2.25. The number of rotatable bonds is 8. The Morgan fingerprint density at radius 2 is 2.03 bits per heavy atom. The summed E-state index contributed by atoms with van der Waals surface area (Å²) >= 11 is 1.44. The minimum Gasteiger partial charge on any atom is -0.494 e. The van der Waals surface area contributed by atoms with E-state index in [-0.39, 0.29) is 5.91 Å². The van der Waals surface area contributed by atoms with Crippen molar-refractivity contribution >= 4 is 28.1 Å². The Morgan fingerprint density at radius 3 is 2.76 bits per heavy atom. The number of thiazole rings is 1. The van der Waals surface area contributed by atoms with Crippen LogP contribution in [0, 0.1) is 0 Å². The van der Waals surface area contributed by atoms with Crippen LogP contribution in [0.15, 0.2) is 28.7 Å². The van der Waals surface area contributed by atoms with E-state index < -0.39 is 0 Å². The number of nitrogens with one attached hydrogen (secondary N) is 1. The molecular formula is C20H26N4O4S. The van der Waals surface area contributed by atoms with E-state index in [2.05, 4.69) is 20.4 Å². The molecule has 1 aromatic carbocycles. The third-order valence-corrected chi connectivity index (χ3v) is 5.18. The monoisotopic (exact) mass is 418 g/mol. The fourth-order valence-electron chi connectivity index (χ4n) is 2.85. The lowest BCUT2D eigenvalue weighted by molar-refractivity contribution is 0.0950. The molecule has 3 rings (SSSR count). The highest BCUT2D eigenvalue weighted by molar-refractivity contribution is 7.13. The fourth-order valence-corrected chi connectivity index (χ4v) is 3.71. The highest BCUT2D eigenvalue weighted by Gasteiger charge is 2.17. The predicted octanol–water partition coefficient (Wildman–Crippen LogP) is 2.93. The summed E-state index contributed by atoms with van der Waals surface area (Å²) in [6.45, 7) is 9.66. The number of hydrogen-bond acceptors (Lipinski definition) is 8. The van der Waals surface area contributed by atoms with Gasteiger partial charge in [-0.1, -0.05) is 0 Å². The number of nitrogens with zero attached hydrogens (tertiary/aromatic N) is 3. The van der Waals surface area contributed by atoms with Gasteiger partial charge in [0.05, 0.1) is 32.1 Å². The lowest BCUT2D eigenvalue weighted by Crippen LogP contribution is -2.36. The minimum absolute atomic E-state index is 0.348. The first kappa shape index (κ1) is 21.1. The molecule has 2 heterocycles. The summed E-state index contributed by atoms with van der Waals surface area (Å²) in [6.07, 6.45) is 0. The molecule has 0 bridgehead atoms. The highest BCUT2D eigenvalue weighted by Crippen LogP contribution is 2.25. The molecule has 156 valence electrons. The van der Waals surface area contributed by atoms with Crippen LogP contribution < -0.4 is 19.8 Å². The highest BCUT2D eigenvalue weighted by atomic mass is 32.1. The van der Waals surface area contributed by atoms with Crippen LogP contribution in [0.2, 0.25) is 0 Å². The molecule has 2 aromatic rings. The molecule has 1 aliphatic rings. The fraction of sp³-hybridized carbons (Fsp3) is 0.450. The molecule has 8 nitrogen and oxygen atoms in total. The number of hydrogen-bond donors (Lipinski definition) is 1. The normalized spacial score (nSPS) is 14.6. The molecule has 0 aliphatic carbocycles. The molecule has 1 fully saturated rings. The van der Waals surface area contributed by atoms with Crippen LogP contribution in [-0.4, -0.2) is 56.1 Å². The van der Waals surface area contributed by atoms with E-state index in [9.17, 15) is 4.79 Å². The Labute approximate surface area is 174 Å². The summed E-state index contributed by atoms with van der Waals surface area (Å²) in [6, 6.07) is 5.56. The molecule has 0 unspecified atom stereocenters. The number of ether oxygens (including phenoxy) is 3. The standard InChI is InChI=1S/C20H26N4O4S/c1-4-27-15-6-7-18(28-5-2)16(12-15)14(3)22-23-19(25)17-13-29-20(21-17)24-8-10-26-11-9-24/h6-7,12-13H,4-5,8-11H2,1-3H3,(H,23,25)/b22-14-. The zero-order chi connectivity index (χ0) is 20.6. The van der Waals surface area contributed by atoms with E-state index in [0.29, 0.717) is 43.6 Å². The Hall–Kier alpha value is -2.65. The second kappa shape index (κ2) is 10.2. The second-order valence-electron chi connectivity index (χ2n) is 6.28. The van der Waals surface area contributed by atoms with Crippen LogP contribution in [0.25, 0.3) is 0 Å². The van der Waals surface area contributed by atoms with Crippen LogP contribution in [0.1, 0.15) is 36.8 Å². The number of benzene rings is 1. The first-order valence-electron chi connectivity index (χ1n) is 9.65. The summed E-state index contributed by atoms with van der Waals surface area (Å²) in [5.41, 5.74) is 4.32. The Balaban J connectivity index is 1.71. The molecule has 1 aromatic heterocycles. The minimum atomic E-state index is -0.348. The van der Waals surface area contributed by atoms with Gasteiger partial charge in [0.25, 0.3) is 5.91 Å². The number of aromatic nitrogens is 1. The molecule has 1 N–H and O–H groups in total. The van der Waals surface area contributed by atoms with Gasteiger partial charge in [0.2, 0.25) is 0 Å². The van der Waals surface area contributed by atoms with Gasteiger partial charge in [0.1, 0.15) is 17.2 Å². The van der Waals surface area contributed by atoms with E-state index >= 15 is 0 Å². The van der Waals surface area contributed by atoms with Crippen molar-refractivity contribution in [3.05, 3.63) is 34.8 Å². The third kappa shape index (κ3) is 5.45. The van der Waals surface area contributed by atoms with Gasteiger partial charge in [-0.2, -0.15) is 5.10 Å². The Kier molecular flexibility index (Phi) is 7.42. The average molecular weight is 419 g/mol. The summed E-state index contributed by atoms with van der Waals surface area (Å²) in [4.78, 5) is 19.0. The van der Waals surface area contributed by atoms with Crippen molar-refractivity contribution < 1.29 is 19.0 Å². The van der Waals surface area contributed by atoms with Crippen molar-refractivity contribution in [2.45, 2.75) is 20.8 Å². The Bertz CT molecular complexity index is 862. The number of hydrazone groups is 1.